The molecule has 2 heteroatoms. The fraction of sp³-hybridized carbons (Fsp3) is 0.667. The molecule has 0 saturated carbocycles. The molecule has 14 heavy (non-hydrogen) atoms. The van der Waals surface area contributed by atoms with Gasteiger partial charge in [-0.3, -0.25) is 4.79 Å². The molecule has 0 bridgehead atoms. The average Bonchev–Trinajstić information content (AvgIpc) is 2.20. The van der Waals surface area contributed by atoms with E-state index in [2.05, 4.69) is 24.9 Å². The Balaban J connectivity index is 4.24. The van der Waals surface area contributed by atoms with E-state index in [1.807, 2.05) is 0 Å². The summed E-state index contributed by atoms with van der Waals surface area (Å²) < 4.78 is 0. The van der Waals surface area contributed by atoms with Crippen molar-refractivity contribution < 1.29 is 4.79 Å². The molecule has 0 unspecified atom stereocenters. The lowest BCUT2D eigenvalue weighted by Gasteiger charge is -2.02. The van der Waals surface area contributed by atoms with E-state index in [0.717, 1.165) is 31.3 Å². The van der Waals surface area contributed by atoms with Crippen molar-refractivity contribution in [3.63, 3.8) is 0 Å². The van der Waals surface area contributed by atoms with Crippen molar-refractivity contribution in [3.05, 3.63) is 11.6 Å². The van der Waals surface area contributed by atoms with Gasteiger partial charge in [0, 0.05) is 19.7 Å². The topological polar surface area (TPSA) is 29.4 Å². The van der Waals surface area contributed by atoms with Crippen LogP contribution in [-0.4, -0.2) is 19.0 Å². The Hall–Kier alpha value is -0.920. The molecule has 0 aromatic carbocycles. The first kappa shape index (κ1) is 13.1. The Kier molecular flexibility index (Phi) is 8.10. The summed E-state index contributed by atoms with van der Waals surface area (Å²) in [5.41, 5.74) is 0.981. The first-order valence-corrected chi connectivity index (χ1v) is 5.39. The van der Waals surface area contributed by atoms with E-state index in [-0.39, 0.29) is 5.78 Å². The molecule has 0 spiro atoms. The van der Waals surface area contributed by atoms with Crippen LogP contribution < -0.4 is 0 Å². The van der Waals surface area contributed by atoms with E-state index in [1.54, 1.807) is 13.3 Å². The molecule has 0 fully saturated rings. The maximum absolute atomic E-state index is 11.6. The molecular formula is C12H21NO. The van der Waals surface area contributed by atoms with Crippen molar-refractivity contribution in [1.82, 2.24) is 0 Å². The lowest BCUT2D eigenvalue weighted by Crippen LogP contribution is -2.03. The van der Waals surface area contributed by atoms with Crippen molar-refractivity contribution in [3.8, 4) is 0 Å². The third kappa shape index (κ3) is 5.68. The molecule has 0 N–H and O–H groups in total. The number of rotatable bonds is 7. The minimum atomic E-state index is 0.228. The molecule has 0 aromatic heterocycles. The predicted molar refractivity (Wildman–Crippen MR) is 61.9 cm³/mol. The van der Waals surface area contributed by atoms with Crippen LogP contribution in [0.1, 0.15) is 46.0 Å². The molecule has 0 heterocycles. The highest BCUT2D eigenvalue weighted by molar-refractivity contribution is 6.02. The highest BCUT2D eigenvalue weighted by atomic mass is 16.1. The molecule has 80 valence electrons. The number of carbonyl (C=O) groups is 1. The molecule has 0 aliphatic heterocycles. The van der Waals surface area contributed by atoms with E-state index >= 15 is 0 Å². The quantitative estimate of drug-likeness (QED) is 0.453. The zero-order valence-corrected chi connectivity index (χ0v) is 9.55. The predicted octanol–water partition coefficient (Wildman–Crippen LogP) is 3.17. The van der Waals surface area contributed by atoms with Crippen molar-refractivity contribution in [2.45, 2.75) is 46.0 Å². The van der Waals surface area contributed by atoms with Gasteiger partial charge in [-0.25, -0.2) is 0 Å². The number of nitrogens with zero attached hydrogens (tertiary/aromatic N) is 1. The van der Waals surface area contributed by atoms with Crippen molar-refractivity contribution in [2.75, 3.05) is 7.05 Å². The van der Waals surface area contributed by atoms with Gasteiger partial charge in [0.25, 0.3) is 0 Å². The molecule has 0 rings (SSSR count). The van der Waals surface area contributed by atoms with Crippen LogP contribution >= 0.6 is 0 Å². The number of Topliss-reactive ketones (excluding diaryl/α,β-unsaturated/α-hetero) is 1. The number of aliphatic imine (C=N–C) groups is 1. The molecule has 0 saturated heterocycles. The van der Waals surface area contributed by atoms with Crippen molar-refractivity contribution in [1.29, 1.82) is 0 Å². The molecule has 0 aliphatic rings. The van der Waals surface area contributed by atoms with E-state index in [0.29, 0.717) is 6.42 Å². The molecule has 0 aliphatic carbocycles. The van der Waals surface area contributed by atoms with Crippen LogP contribution in [0.15, 0.2) is 16.6 Å². The Labute approximate surface area is 87.1 Å². The summed E-state index contributed by atoms with van der Waals surface area (Å²) in [6.45, 7) is 4.22. The minimum absolute atomic E-state index is 0.228. The second kappa shape index (κ2) is 8.67. The SMILES string of the molecule is CCCC=C(CCC)C(=O)CC=NC. The second-order valence-corrected chi connectivity index (χ2v) is 3.34. The summed E-state index contributed by atoms with van der Waals surface area (Å²) in [4.78, 5) is 15.5. The van der Waals surface area contributed by atoms with Gasteiger partial charge >= 0.3 is 0 Å². The Morgan fingerprint density at radius 2 is 2.00 bits per heavy atom. The molecule has 0 aromatic rings. The van der Waals surface area contributed by atoms with Crippen LogP contribution in [0.3, 0.4) is 0 Å². The van der Waals surface area contributed by atoms with Gasteiger partial charge in [-0.1, -0.05) is 32.8 Å². The molecule has 0 radical (unpaired) electrons. The number of carbonyl (C=O) groups excluding carboxylic acids is 1. The number of unbranched alkanes of at least 4 members (excludes halogenated alkanes) is 1. The Bertz CT molecular complexity index is 216. The van der Waals surface area contributed by atoms with Crippen LogP contribution in [-0.2, 0) is 4.79 Å². The maximum atomic E-state index is 11.6. The standard InChI is InChI=1S/C12H21NO/c1-4-6-8-11(7-5-2)12(14)9-10-13-3/h8,10H,4-7,9H2,1-3H3. The fourth-order valence-corrected chi connectivity index (χ4v) is 1.25. The number of ketones is 1. The van der Waals surface area contributed by atoms with Crippen LogP contribution in [0.25, 0.3) is 0 Å². The van der Waals surface area contributed by atoms with E-state index in [1.165, 1.54) is 0 Å². The van der Waals surface area contributed by atoms with Gasteiger partial charge in [0.15, 0.2) is 5.78 Å². The molecule has 2 nitrogen and oxygen atoms in total. The summed E-state index contributed by atoms with van der Waals surface area (Å²) in [6, 6.07) is 0. The normalized spacial score (nSPS) is 12.4. The van der Waals surface area contributed by atoms with Crippen LogP contribution in [0.2, 0.25) is 0 Å². The van der Waals surface area contributed by atoms with Gasteiger partial charge in [-0.05, 0) is 18.4 Å². The smallest absolute Gasteiger partial charge is 0.163 e. The van der Waals surface area contributed by atoms with Crippen LogP contribution in [0.5, 0.6) is 0 Å². The molecular weight excluding hydrogens is 174 g/mol. The first-order chi connectivity index (χ1) is 6.76. The van der Waals surface area contributed by atoms with Gasteiger partial charge in [0.05, 0.1) is 0 Å². The average molecular weight is 195 g/mol. The van der Waals surface area contributed by atoms with Gasteiger partial charge in [0.2, 0.25) is 0 Å². The van der Waals surface area contributed by atoms with E-state index in [9.17, 15) is 4.79 Å². The summed E-state index contributed by atoms with van der Waals surface area (Å²) in [5, 5.41) is 0. The van der Waals surface area contributed by atoms with Gasteiger partial charge in [-0.2, -0.15) is 0 Å². The summed E-state index contributed by atoms with van der Waals surface area (Å²) in [6.07, 6.45) is 8.24. The Morgan fingerprint density at radius 3 is 2.50 bits per heavy atom. The summed E-state index contributed by atoms with van der Waals surface area (Å²) in [5.74, 6) is 0.228. The number of allylic oxidation sites excluding steroid dienone is 2. The van der Waals surface area contributed by atoms with Gasteiger partial charge < -0.3 is 4.99 Å². The highest BCUT2D eigenvalue weighted by Gasteiger charge is 2.05. The highest BCUT2D eigenvalue weighted by Crippen LogP contribution is 2.10. The second-order valence-electron chi connectivity index (χ2n) is 3.34. The fourth-order valence-electron chi connectivity index (χ4n) is 1.25. The minimum Gasteiger partial charge on any atom is -0.300 e. The number of hydrogen-bond acceptors (Lipinski definition) is 2. The van der Waals surface area contributed by atoms with E-state index in [4.69, 9.17) is 0 Å². The lowest BCUT2D eigenvalue weighted by molar-refractivity contribution is -0.114. The monoisotopic (exact) mass is 195 g/mol. The third-order valence-corrected chi connectivity index (χ3v) is 2.02. The Morgan fingerprint density at radius 1 is 1.29 bits per heavy atom. The summed E-state index contributed by atoms with van der Waals surface area (Å²) >= 11 is 0. The zero-order valence-electron chi connectivity index (χ0n) is 9.55. The van der Waals surface area contributed by atoms with E-state index < -0.39 is 0 Å². The summed E-state index contributed by atoms with van der Waals surface area (Å²) in [7, 11) is 1.70. The van der Waals surface area contributed by atoms with Crippen molar-refractivity contribution >= 4 is 12.0 Å². The molecule has 0 amide bonds. The lowest BCUT2D eigenvalue weighted by atomic mass is 10.0. The van der Waals surface area contributed by atoms with Crippen LogP contribution in [0.4, 0.5) is 0 Å². The largest absolute Gasteiger partial charge is 0.300 e. The van der Waals surface area contributed by atoms with Gasteiger partial charge in [0.1, 0.15) is 0 Å². The first-order valence-electron chi connectivity index (χ1n) is 5.39. The van der Waals surface area contributed by atoms with Crippen LogP contribution in [0, 0.1) is 0 Å². The number of hydrogen-bond donors (Lipinski definition) is 0. The third-order valence-electron chi connectivity index (χ3n) is 2.02. The zero-order chi connectivity index (χ0) is 10.8. The van der Waals surface area contributed by atoms with Gasteiger partial charge in [-0.15, -0.1) is 0 Å². The van der Waals surface area contributed by atoms with Crippen molar-refractivity contribution in [2.24, 2.45) is 4.99 Å². The maximum Gasteiger partial charge on any atom is 0.163 e. The molecule has 0 atom stereocenters.